The smallest absolute Gasteiger partial charge is 0.209 e. The van der Waals surface area contributed by atoms with Crippen molar-refractivity contribution in [1.29, 1.82) is 0 Å². The average Bonchev–Trinajstić information content (AvgIpc) is 2.62. The fourth-order valence-electron chi connectivity index (χ4n) is 0.786. The number of hydrogen-bond acceptors (Lipinski definition) is 7. The van der Waals surface area contributed by atoms with E-state index in [1.54, 1.807) is 4.68 Å². The maximum atomic E-state index is 9.10. The van der Waals surface area contributed by atoms with Crippen LogP contribution >= 0.6 is 11.8 Å². The van der Waals surface area contributed by atoms with E-state index >= 15 is 0 Å². The van der Waals surface area contributed by atoms with Crippen LogP contribution in [0.2, 0.25) is 0 Å². The van der Waals surface area contributed by atoms with E-state index in [0.717, 1.165) is 0 Å². The fourth-order valence-corrected chi connectivity index (χ4v) is 1.60. The zero-order valence-electron chi connectivity index (χ0n) is 7.57. The predicted octanol–water partition coefficient (Wildman–Crippen LogP) is -1.92. The van der Waals surface area contributed by atoms with Gasteiger partial charge in [0.15, 0.2) is 0 Å². The van der Waals surface area contributed by atoms with Crippen molar-refractivity contribution in [3.05, 3.63) is 0 Å². The van der Waals surface area contributed by atoms with Crippen LogP contribution in [0, 0.1) is 0 Å². The van der Waals surface area contributed by atoms with Crippen molar-refractivity contribution in [3.8, 4) is 0 Å². The van der Waals surface area contributed by atoms with Crippen LogP contribution in [0.4, 0.5) is 0 Å². The molecule has 80 valence electrons. The molecule has 1 atom stereocenters. The minimum atomic E-state index is -0.747. The number of tetrazole rings is 1. The molecular weight excluding hydrogens is 206 g/mol. The van der Waals surface area contributed by atoms with Gasteiger partial charge in [-0.2, -0.15) is 0 Å². The van der Waals surface area contributed by atoms with E-state index in [9.17, 15) is 0 Å². The van der Waals surface area contributed by atoms with Gasteiger partial charge in [-0.25, -0.2) is 4.68 Å². The van der Waals surface area contributed by atoms with Crippen LogP contribution in [0.25, 0.3) is 0 Å². The zero-order chi connectivity index (χ0) is 10.4. The van der Waals surface area contributed by atoms with E-state index in [2.05, 4.69) is 15.5 Å². The van der Waals surface area contributed by atoms with Crippen LogP contribution in [-0.4, -0.2) is 55.4 Å². The van der Waals surface area contributed by atoms with E-state index in [-0.39, 0.29) is 6.61 Å². The molecule has 1 unspecified atom stereocenters. The monoisotopic (exact) mass is 219 g/mol. The lowest BCUT2D eigenvalue weighted by Crippen LogP contribution is -2.16. The normalized spacial score (nSPS) is 13.1. The fraction of sp³-hybridized carbons (Fsp3) is 0.833. The van der Waals surface area contributed by atoms with E-state index in [4.69, 9.17) is 15.9 Å². The van der Waals surface area contributed by atoms with Crippen LogP contribution in [0.1, 0.15) is 0 Å². The first kappa shape index (κ1) is 11.4. The Kier molecular flexibility index (Phi) is 4.80. The summed E-state index contributed by atoms with van der Waals surface area (Å²) in [6.07, 6.45) is -0.747. The first-order valence-corrected chi connectivity index (χ1v) is 5.14. The summed E-state index contributed by atoms with van der Waals surface area (Å²) in [4.78, 5) is 0. The van der Waals surface area contributed by atoms with Gasteiger partial charge in [0.25, 0.3) is 0 Å². The SMILES string of the molecule is NCCn1nnnc1SCC(O)CO. The molecule has 0 saturated carbocycles. The second-order valence-corrected chi connectivity index (χ2v) is 3.61. The summed E-state index contributed by atoms with van der Waals surface area (Å²) >= 11 is 1.29. The van der Waals surface area contributed by atoms with Crippen molar-refractivity contribution in [2.45, 2.75) is 17.8 Å². The Labute approximate surface area is 85.3 Å². The molecule has 0 aliphatic rings. The van der Waals surface area contributed by atoms with E-state index < -0.39 is 6.10 Å². The largest absolute Gasteiger partial charge is 0.394 e. The van der Waals surface area contributed by atoms with Crippen LogP contribution in [0.5, 0.6) is 0 Å². The number of nitrogens with two attached hydrogens (primary N) is 1. The second-order valence-electron chi connectivity index (χ2n) is 2.62. The van der Waals surface area contributed by atoms with E-state index in [1.807, 2.05) is 0 Å². The predicted molar refractivity (Wildman–Crippen MR) is 50.7 cm³/mol. The number of hydrogen-bond donors (Lipinski definition) is 3. The third-order valence-electron chi connectivity index (χ3n) is 1.46. The highest BCUT2D eigenvalue weighted by molar-refractivity contribution is 7.99. The lowest BCUT2D eigenvalue weighted by Gasteiger charge is -2.05. The molecule has 0 spiro atoms. The highest BCUT2D eigenvalue weighted by atomic mass is 32.2. The Balaban J connectivity index is 2.45. The lowest BCUT2D eigenvalue weighted by atomic mass is 10.4. The Morgan fingerprint density at radius 1 is 1.57 bits per heavy atom. The average molecular weight is 219 g/mol. The summed E-state index contributed by atoms with van der Waals surface area (Å²) in [7, 11) is 0. The van der Waals surface area contributed by atoms with Gasteiger partial charge in [0.05, 0.1) is 19.3 Å². The molecule has 0 aliphatic heterocycles. The summed E-state index contributed by atoms with van der Waals surface area (Å²) in [6, 6.07) is 0. The number of thioether (sulfide) groups is 1. The molecule has 14 heavy (non-hydrogen) atoms. The molecule has 0 fully saturated rings. The Morgan fingerprint density at radius 2 is 2.36 bits per heavy atom. The molecule has 0 aliphatic carbocycles. The highest BCUT2D eigenvalue weighted by Crippen LogP contribution is 2.14. The molecule has 0 amide bonds. The zero-order valence-corrected chi connectivity index (χ0v) is 8.39. The molecule has 1 aromatic heterocycles. The van der Waals surface area contributed by atoms with Gasteiger partial charge in [-0.3, -0.25) is 0 Å². The standard InChI is InChI=1S/C6H13N5O2S/c7-1-2-11-6(8-9-10-11)14-4-5(13)3-12/h5,12-13H,1-4,7H2. The van der Waals surface area contributed by atoms with Crippen molar-refractivity contribution in [2.24, 2.45) is 5.73 Å². The number of aromatic nitrogens is 4. The number of aliphatic hydroxyl groups is 2. The summed E-state index contributed by atoms with van der Waals surface area (Å²) in [6.45, 7) is 0.747. The number of aliphatic hydroxyl groups excluding tert-OH is 2. The van der Waals surface area contributed by atoms with Gasteiger partial charge in [0, 0.05) is 12.3 Å². The molecular formula is C6H13N5O2S. The highest BCUT2D eigenvalue weighted by Gasteiger charge is 2.09. The summed E-state index contributed by atoms with van der Waals surface area (Å²) in [5, 5.41) is 29.3. The third-order valence-corrected chi connectivity index (χ3v) is 2.56. The van der Waals surface area contributed by atoms with Gasteiger partial charge in [-0.1, -0.05) is 11.8 Å². The first-order valence-electron chi connectivity index (χ1n) is 4.16. The minimum absolute atomic E-state index is 0.258. The van der Waals surface area contributed by atoms with Crippen molar-refractivity contribution in [2.75, 3.05) is 18.9 Å². The van der Waals surface area contributed by atoms with Gasteiger partial charge in [0.2, 0.25) is 5.16 Å². The molecule has 0 bridgehead atoms. The van der Waals surface area contributed by atoms with Crippen LogP contribution in [0.3, 0.4) is 0 Å². The van der Waals surface area contributed by atoms with Gasteiger partial charge < -0.3 is 15.9 Å². The molecule has 1 heterocycles. The first-order chi connectivity index (χ1) is 6.77. The Hall–Kier alpha value is -0.700. The van der Waals surface area contributed by atoms with Crippen LogP contribution < -0.4 is 5.73 Å². The Morgan fingerprint density at radius 3 is 3.00 bits per heavy atom. The molecule has 4 N–H and O–H groups in total. The van der Waals surface area contributed by atoms with Crippen molar-refractivity contribution >= 4 is 11.8 Å². The van der Waals surface area contributed by atoms with Gasteiger partial charge in [-0.05, 0) is 10.4 Å². The molecule has 8 heteroatoms. The quantitative estimate of drug-likeness (QED) is 0.478. The molecule has 0 saturated heterocycles. The van der Waals surface area contributed by atoms with E-state index in [1.165, 1.54) is 11.8 Å². The summed E-state index contributed by atoms with van der Waals surface area (Å²) < 4.78 is 1.56. The molecule has 1 rings (SSSR count). The molecule has 0 radical (unpaired) electrons. The number of nitrogens with zero attached hydrogens (tertiary/aromatic N) is 4. The summed E-state index contributed by atoms with van der Waals surface area (Å²) in [5.74, 6) is 0.363. The van der Waals surface area contributed by atoms with Crippen molar-refractivity contribution < 1.29 is 10.2 Å². The third kappa shape index (κ3) is 3.22. The lowest BCUT2D eigenvalue weighted by molar-refractivity contribution is 0.113. The molecule has 0 aromatic carbocycles. The van der Waals surface area contributed by atoms with Crippen LogP contribution in [0.15, 0.2) is 5.16 Å². The van der Waals surface area contributed by atoms with Crippen LogP contribution in [-0.2, 0) is 6.54 Å². The maximum absolute atomic E-state index is 9.10. The van der Waals surface area contributed by atoms with Gasteiger partial charge >= 0.3 is 0 Å². The number of rotatable bonds is 6. The van der Waals surface area contributed by atoms with Crippen molar-refractivity contribution in [3.63, 3.8) is 0 Å². The summed E-state index contributed by atoms with van der Waals surface area (Å²) in [5.41, 5.74) is 5.36. The van der Waals surface area contributed by atoms with Gasteiger partial charge in [-0.15, -0.1) is 5.10 Å². The minimum Gasteiger partial charge on any atom is -0.394 e. The van der Waals surface area contributed by atoms with Gasteiger partial charge in [0.1, 0.15) is 0 Å². The Bertz CT molecular complexity index is 268. The maximum Gasteiger partial charge on any atom is 0.209 e. The molecule has 1 aromatic rings. The van der Waals surface area contributed by atoms with E-state index in [0.29, 0.717) is 24.0 Å². The molecule has 7 nitrogen and oxygen atoms in total. The topological polar surface area (TPSA) is 110 Å². The van der Waals surface area contributed by atoms with Crippen molar-refractivity contribution in [1.82, 2.24) is 20.2 Å². The second kappa shape index (κ2) is 5.91.